The van der Waals surface area contributed by atoms with E-state index in [4.69, 9.17) is 4.74 Å². The molecular weight excluding hydrogens is 365 g/mol. The Morgan fingerprint density at radius 3 is 2.78 bits per heavy atom. The maximum Gasteiger partial charge on any atom is 0.339 e. The van der Waals surface area contributed by atoms with Crippen LogP contribution >= 0.6 is 15.9 Å². The van der Waals surface area contributed by atoms with Gasteiger partial charge >= 0.3 is 5.97 Å². The Kier molecular flexibility index (Phi) is 6.16. The number of halogens is 2. The van der Waals surface area contributed by atoms with Gasteiger partial charge in [-0.05, 0) is 52.4 Å². The predicted molar refractivity (Wildman–Crippen MR) is 88.5 cm³/mol. The second kappa shape index (κ2) is 7.90. The number of amides is 1. The lowest BCUT2D eigenvalue weighted by Gasteiger charge is -2.34. The Labute approximate surface area is 143 Å². The van der Waals surface area contributed by atoms with Gasteiger partial charge in [-0.25, -0.2) is 9.18 Å². The van der Waals surface area contributed by atoms with E-state index >= 15 is 0 Å². The predicted octanol–water partition coefficient (Wildman–Crippen LogP) is 3.69. The molecular formula is C17H21BrFNO3. The van der Waals surface area contributed by atoms with Gasteiger partial charge in [0.1, 0.15) is 5.82 Å². The number of benzene rings is 1. The molecule has 2 rings (SSSR count). The Morgan fingerprint density at radius 1 is 1.35 bits per heavy atom. The van der Waals surface area contributed by atoms with Crippen LogP contribution in [0.5, 0.6) is 0 Å². The number of hydrogen-bond donors (Lipinski definition) is 1. The van der Waals surface area contributed by atoms with Crippen LogP contribution in [0.2, 0.25) is 0 Å². The molecule has 0 aromatic heterocycles. The van der Waals surface area contributed by atoms with Crippen LogP contribution in [0.1, 0.15) is 43.5 Å². The number of carbonyl (C=O) groups is 2. The summed E-state index contributed by atoms with van der Waals surface area (Å²) < 4.78 is 18.3. The molecule has 1 aromatic rings. The van der Waals surface area contributed by atoms with Crippen LogP contribution in [-0.2, 0) is 9.53 Å². The quantitative estimate of drug-likeness (QED) is 0.804. The van der Waals surface area contributed by atoms with Crippen molar-refractivity contribution in [2.24, 2.45) is 11.8 Å². The molecule has 23 heavy (non-hydrogen) atoms. The Balaban J connectivity index is 1.85. The normalized spacial score (nSPS) is 24.1. The fraction of sp³-hybridized carbons (Fsp3) is 0.529. The zero-order valence-corrected chi connectivity index (χ0v) is 14.9. The lowest BCUT2D eigenvalue weighted by Crippen LogP contribution is -2.45. The second-order valence-corrected chi connectivity index (χ2v) is 7.00. The van der Waals surface area contributed by atoms with Gasteiger partial charge in [-0.1, -0.05) is 26.7 Å². The number of esters is 1. The lowest BCUT2D eigenvalue weighted by molar-refractivity contribution is -0.125. The molecule has 0 spiro atoms. The molecule has 1 aliphatic carbocycles. The summed E-state index contributed by atoms with van der Waals surface area (Å²) >= 11 is 3.11. The molecule has 0 unspecified atom stereocenters. The van der Waals surface area contributed by atoms with Gasteiger partial charge in [-0.15, -0.1) is 0 Å². The minimum atomic E-state index is -0.655. The molecule has 0 bridgehead atoms. The van der Waals surface area contributed by atoms with Crippen molar-refractivity contribution in [1.82, 2.24) is 5.32 Å². The van der Waals surface area contributed by atoms with E-state index in [9.17, 15) is 14.0 Å². The van der Waals surface area contributed by atoms with Gasteiger partial charge in [0, 0.05) is 10.5 Å². The molecule has 1 aromatic carbocycles. The summed E-state index contributed by atoms with van der Waals surface area (Å²) in [4.78, 5) is 23.9. The van der Waals surface area contributed by atoms with Crippen LogP contribution in [0.15, 0.2) is 22.7 Å². The fourth-order valence-corrected chi connectivity index (χ4v) is 3.41. The number of nitrogens with one attached hydrogen (secondary N) is 1. The molecule has 0 radical (unpaired) electrons. The van der Waals surface area contributed by atoms with E-state index < -0.39 is 11.8 Å². The SMILES string of the molecule is C[C@@H]1[C@H](C)CCC[C@H]1NC(=O)COC(=O)c1ccc(F)cc1Br. The standard InChI is InChI=1S/C17H21BrFNO3/c1-10-4-3-5-15(11(10)2)20-16(21)9-23-17(22)13-7-6-12(19)8-14(13)18/h6-8,10-11,15H,3-5,9H2,1-2H3,(H,20,21)/t10-,11-,15-/m1/s1. The van der Waals surface area contributed by atoms with Gasteiger partial charge in [0.2, 0.25) is 0 Å². The summed E-state index contributed by atoms with van der Waals surface area (Å²) in [6, 6.07) is 3.81. The summed E-state index contributed by atoms with van der Waals surface area (Å²) in [6.45, 7) is 3.99. The number of ether oxygens (including phenoxy) is 1. The minimum Gasteiger partial charge on any atom is -0.452 e. The topological polar surface area (TPSA) is 55.4 Å². The molecule has 1 N–H and O–H groups in total. The van der Waals surface area contributed by atoms with E-state index in [1.807, 2.05) is 0 Å². The second-order valence-electron chi connectivity index (χ2n) is 6.14. The first-order chi connectivity index (χ1) is 10.9. The first-order valence-corrected chi connectivity index (χ1v) is 8.59. The summed E-state index contributed by atoms with van der Waals surface area (Å²) in [5.74, 6) is -0.424. The molecule has 3 atom stereocenters. The molecule has 126 valence electrons. The molecule has 0 saturated heterocycles. The third kappa shape index (κ3) is 4.77. The van der Waals surface area contributed by atoms with Crippen molar-refractivity contribution in [1.29, 1.82) is 0 Å². The number of carbonyl (C=O) groups excluding carboxylic acids is 2. The number of hydrogen-bond acceptors (Lipinski definition) is 3. The van der Waals surface area contributed by atoms with Crippen molar-refractivity contribution < 1.29 is 18.7 Å². The fourth-order valence-electron chi connectivity index (χ4n) is 2.90. The van der Waals surface area contributed by atoms with Crippen LogP contribution in [-0.4, -0.2) is 24.5 Å². The molecule has 6 heteroatoms. The summed E-state index contributed by atoms with van der Waals surface area (Å²) in [7, 11) is 0. The highest BCUT2D eigenvalue weighted by atomic mass is 79.9. The van der Waals surface area contributed by atoms with Crippen molar-refractivity contribution in [3.05, 3.63) is 34.1 Å². The van der Waals surface area contributed by atoms with E-state index in [-0.39, 0.29) is 24.1 Å². The van der Waals surface area contributed by atoms with Crippen molar-refractivity contribution in [3.63, 3.8) is 0 Å². The third-order valence-electron chi connectivity index (χ3n) is 4.54. The van der Waals surface area contributed by atoms with Gasteiger partial charge in [0.15, 0.2) is 6.61 Å². The summed E-state index contributed by atoms with van der Waals surface area (Å²) in [6.07, 6.45) is 3.23. The lowest BCUT2D eigenvalue weighted by atomic mass is 9.78. The maximum absolute atomic E-state index is 13.0. The Morgan fingerprint density at radius 2 is 2.09 bits per heavy atom. The highest BCUT2D eigenvalue weighted by Gasteiger charge is 2.28. The Bertz CT molecular complexity index is 593. The first-order valence-electron chi connectivity index (χ1n) is 7.80. The van der Waals surface area contributed by atoms with Crippen LogP contribution in [0.3, 0.4) is 0 Å². The van der Waals surface area contributed by atoms with E-state index in [1.54, 1.807) is 0 Å². The summed E-state index contributed by atoms with van der Waals surface area (Å²) in [5.41, 5.74) is 0.193. The first kappa shape index (κ1) is 17.9. The van der Waals surface area contributed by atoms with Crippen LogP contribution in [0.25, 0.3) is 0 Å². The van der Waals surface area contributed by atoms with E-state index in [0.29, 0.717) is 16.3 Å². The van der Waals surface area contributed by atoms with Crippen LogP contribution < -0.4 is 5.32 Å². The molecule has 0 heterocycles. The van der Waals surface area contributed by atoms with Gasteiger partial charge in [0.05, 0.1) is 5.56 Å². The average molecular weight is 386 g/mol. The highest BCUT2D eigenvalue weighted by molar-refractivity contribution is 9.10. The average Bonchev–Trinajstić information content (AvgIpc) is 2.49. The smallest absolute Gasteiger partial charge is 0.339 e. The third-order valence-corrected chi connectivity index (χ3v) is 5.19. The van der Waals surface area contributed by atoms with Crippen LogP contribution in [0, 0.1) is 17.7 Å². The van der Waals surface area contributed by atoms with E-state index in [0.717, 1.165) is 12.8 Å². The Hall–Kier alpha value is -1.43. The molecule has 1 fully saturated rings. The minimum absolute atomic E-state index is 0.127. The molecule has 1 aliphatic rings. The van der Waals surface area contributed by atoms with Gasteiger partial charge < -0.3 is 10.1 Å². The van der Waals surface area contributed by atoms with Crippen molar-refractivity contribution in [3.8, 4) is 0 Å². The highest BCUT2D eigenvalue weighted by Crippen LogP contribution is 2.29. The van der Waals surface area contributed by atoms with Gasteiger partial charge in [-0.3, -0.25) is 4.79 Å². The molecule has 1 saturated carbocycles. The largest absolute Gasteiger partial charge is 0.452 e. The van der Waals surface area contributed by atoms with Crippen molar-refractivity contribution >= 4 is 27.8 Å². The van der Waals surface area contributed by atoms with Crippen LogP contribution in [0.4, 0.5) is 4.39 Å². The van der Waals surface area contributed by atoms with Gasteiger partial charge in [0.25, 0.3) is 5.91 Å². The van der Waals surface area contributed by atoms with Crippen molar-refractivity contribution in [2.45, 2.75) is 39.2 Å². The maximum atomic E-state index is 13.0. The monoisotopic (exact) mass is 385 g/mol. The van der Waals surface area contributed by atoms with Gasteiger partial charge in [-0.2, -0.15) is 0 Å². The summed E-state index contributed by atoms with van der Waals surface area (Å²) in [5, 5.41) is 2.94. The van der Waals surface area contributed by atoms with E-state index in [1.165, 1.54) is 24.6 Å². The molecule has 4 nitrogen and oxygen atoms in total. The molecule has 0 aliphatic heterocycles. The van der Waals surface area contributed by atoms with Crippen molar-refractivity contribution in [2.75, 3.05) is 6.61 Å². The number of rotatable bonds is 4. The zero-order chi connectivity index (χ0) is 17.0. The zero-order valence-electron chi connectivity index (χ0n) is 13.3. The molecule has 1 amide bonds. The van der Waals surface area contributed by atoms with E-state index in [2.05, 4.69) is 35.1 Å².